The summed E-state index contributed by atoms with van der Waals surface area (Å²) in [6, 6.07) is 15.7. The maximum absolute atomic E-state index is 13.3. The highest BCUT2D eigenvalue weighted by molar-refractivity contribution is 8.31. The van der Waals surface area contributed by atoms with Crippen molar-refractivity contribution >= 4 is 45.6 Å². The van der Waals surface area contributed by atoms with E-state index >= 15 is 0 Å². The van der Waals surface area contributed by atoms with Gasteiger partial charge < -0.3 is 5.53 Å². The fraction of sp³-hybridized carbons (Fsp3) is 0.286. The molecule has 6 nitrogen and oxygen atoms in total. The molecule has 0 radical (unpaired) electrons. The van der Waals surface area contributed by atoms with Crippen molar-refractivity contribution in [1.82, 2.24) is 0 Å². The number of sulfone groups is 2. The molecule has 29 heavy (non-hydrogen) atoms. The van der Waals surface area contributed by atoms with Crippen molar-refractivity contribution in [3.63, 3.8) is 0 Å². The molecular formula is C21H20N2O4S2. The topological polar surface area (TPSA) is 105 Å². The average Bonchev–Trinajstić information content (AvgIpc) is 2.74. The molecule has 1 aliphatic rings. The third-order valence-corrected chi connectivity index (χ3v) is 10.3. The first-order valence-corrected chi connectivity index (χ1v) is 12.5. The van der Waals surface area contributed by atoms with Gasteiger partial charge in [-0.1, -0.05) is 67.8 Å². The van der Waals surface area contributed by atoms with Crippen LogP contribution in [-0.2, 0) is 19.7 Å². The van der Waals surface area contributed by atoms with Crippen molar-refractivity contribution in [2.45, 2.75) is 42.2 Å². The molecular weight excluding hydrogens is 408 g/mol. The summed E-state index contributed by atoms with van der Waals surface area (Å²) in [5.74, 6) is 0. The molecule has 4 rings (SSSR count). The van der Waals surface area contributed by atoms with Gasteiger partial charge in [0, 0.05) is 5.39 Å². The lowest BCUT2D eigenvalue weighted by Crippen LogP contribution is -2.35. The van der Waals surface area contributed by atoms with E-state index in [1.165, 1.54) is 6.07 Å². The lowest BCUT2D eigenvalue weighted by atomic mass is 10.0. The van der Waals surface area contributed by atoms with Crippen molar-refractivity contribution in [3.8, 4) is 0 Å². The van der Waals surface area contributed by atoms with Gasteiger partial charge >= 0.3 is 4.38 Å². The average molecular weight is 429 g/mol. The highest BCUT2D eigenvalue weighted by atomic mass is 32.3. The largest absolute Gasteiger partial charge is 0.499 e. The SMILES string of the molecule is [N-]=[N+]=C(S(=O)(=O)c1cccc2c1ccc1ccccc12)S(=O)(=O)C1CCCCC1. The standard InChI is InChI=1S/C21H20N2O4S2/c22-23-21(28(24,25)16-8-2-1-3-9-16)29(26,27)20-12-6-11-18-17-10-5-4-7-15(17)13-14-19(18)20/h4-7,10-14,16H,1-3,8-9H2. The van der Waals surface area contributed by atoms with E-state index in [0.29, 0.717) is 36.5 Å². The van der Waals surface area contributed by atoms with Crippen molar-refractivity contribution in [2.24, 2.45) is 0 Å². The van der Waals surface area contributed by atoms with Crippen LogP contribution in [0.2, 0.25) is 0 Å². The van der Waals surface area contributed by atoms with Gasteiger partial charge in [0.1, 0.15) is 0 Å². The van der Waals surface area contributed by atoms with Gasteiger partial charge in [0.2, 0.25) is 0 Å². The van der Waals surface area contributed by atoms with Crippen LogP contribution in [0, 0.1) is 0 Å². The summed E-state index contributed by atoms with van der Waals surface area (Å²) in [5.41, 5.74) is 9.46. The van der Waals surface area contributed by atoms with Crippen LogP contribution in [0.25, 0.3) is 27.1 Å². The molecule has 0 aromatic heterocycles. The van der Waals surface area contributed by atoms with E-state index in [0.717, 1.165) is 17.2 Å². The first-order chi connectivity index (χ1) is 13.9. The number of nitrogens with zero attached hydrogens (tertiary/aromatic N) is 2. The third kappa shape index (κ3) is 3.27. The van der Waals surface area contributed by atoms with Crippen LogP contribution >= 0.6 is 0 Å². The van der Waals surface area contributed by atoms with Gasteiger partial charge in [-0.2, -0.15) is 0 Å². The minimum Gasteiger partial charge on any atom is -0.359 e. The molecule has 0 amide bonds. The predicted molar refractivity (Wildman–Crippen MR) is 113 cm³/mol. The molecule has 0 atom stereocenters. The molecule has 8 heteroatoms. The number of fused-ring (bicyclic) bond motifs is 3. The zero-order chi connectivity index (χ0) is 20.6. The van der Waals surface area contributed by atoms with Crippen LogP contribution in [0.15, 0.2) is 59.5 Å². The normalized spacial score (nSPS) is 16.0. The van der Waals surface area contributed by atoms with E-state index < -0.39 is 29.3 Å². The molecule has 150 valence electrons. The highest BCUT2D eigenvalue weighted by Crippen LogP contribution is 2.33. The summed E-state index contributed by atoms with van der Waals surface area (Å²) < 4.78 is 51.5. The molecule has 1 fully saturated rings. The van der Waals surface area contributed by atoms with E-state index in [2.05, 4.69) is 4.79 Å². The molecule has 0 heterocycles. The minimum absolute atomic E-state index is 0.173. The van der Waals surface area contributed by atoms with Gasteiger partial charge in [-0.25, -0.2) is 16.8 Å². The molecule has 0 bridgehead atoms. The Balaban J connectivity index is 1.92. The van der Waals surface area contributed by atoms with E-state index in [1.54, 1.807) is 24.3 Å². The summed E-state index contributed by atoms with van der Waals surface area (Å²) in [6.07, 6.45) is 3.08. The Kier molecular flexibility index (Phi) is 5.02. The molecule has 3 aromatic carbocycles. The Morgan fingerprint density at radius 3 is 2.21 bits per heavy atom. The van der Waals surface area contributed by atoms with Gasteiger partial charge in [0.15, 0.2) is 0 Å². The molecule has 0 spiro atoms. The second-order valence-corrected chi connectivity index (χ2v) is 11.5. The van der Waals surface area contributed by atoms with Crippen LogP contribution in [0.3, 0.4) is 0 Å². The maximum atomic E-state index is 13.3. The van der Waals surface area contributed by atoms with E-state index in [9.17, 15) is 22.4 Å². The first-order valence-electron chi connectivity index (χ1n) is 9.49. The van der Waals surface area contributed by atoms with Crippen LogP contribution in [-0.4, -0.2) is 31.3 Å². The lowest BCUT2D eigenvalue weighted by molar-refractivity contribution is 0.00370. The molecule has 0 N–H and O–H groups in total. The van der Waals surface area contributed by atoms with E-state index in [-0.39, 0.29) is 4.90 Å². The Morgan fingerprint density at radius 1 is 0.793 bits per heavy atom. The molecule has 3 aromatic rings. The number of hydrogen-bond donors (Lipinski definition) is 0. The smallest absolute Gasteiger partial charge is 0.359 e. The molecule has 0 saturated heterocycles. The Bertz CT molecular complexity index is 1370. The van der Waals surface area contributed by atoms with Gasteiger partial charge in [-0.05, 0) is 35.1 Å². The predicted octanol–water partition coefficient (Wildman–Crippen LogP) is 4.10. The second kappa shape index (κ2) is 7.37. The molecule has 1 saturated carbocycles. The van der Waals surface area contributed by atoms with Crippen LogP contribution in [0.5, 0.6) is 0 Å². The maximum Gasteiger partial charge on any atom is 0.499 e. The van der Waals surface area contributed by atoms with Crippen LogP contribution < -0.4 is 0 Å². The van der Waals surface area contributed by atoms with Crippen molar-refractivity contribution in [1.29, 1.82) is 0 Å². The zero-order valence-electron chi connectivity index (χ0n) is 15.7. The quantitative estimate of drug-likeness (QED) is 0.201. The fourth-order valence-electron chi connectivity index (χ4n) is 4.12. The van der Waals surface area contributed by atoms with Gasteiger partial charge in [-0.15, -0.1) is 4.79 Å². The summed E-state index contributed by atoms with van der Waals surface area (Å²) in [5, 5.41) is 2.05. The fourth-order valence-corrected chi connectivity index (χ4v) is 8.40. The van der Waals surface area contributed by atoms with Gasteiger partial charge in [-0.3, -0.25) is 0 Å². The summed E-state index contributed by atoms with van der Waals surface area (Å²) in [4.78, 5) is 2.62. The molecule has 0 unspecified atom stereocenters. The van der Waals surface area contributed by atoms with Crippen molar-refractivity contribution in [3.05, 3.63) is 60.1 Å². The van der Waals surface area contributed by atoms with Crippen molar-refractivity contribution < 1.29 is 21.6 Å². The van der Waals surface area contributed by atoms with Crippen LogP contribution in [0.4, 0.5) is 0 Å². The number of hydrogen-bond acceptors (Lipinski definition) is 4. The monoisotopic (exact) mass is 428 g/mol. The van der Waals surface area contributed by atoms with Crippen LogP contribution in [0.1, 0.15) is 32.1 Å². The lowest BCUT2D eigenvalue weighted by Gasteiger charge is -2.19. The zero-order valence-corrected chi connectivity index (χ0v) is 17.3. The molecule has 0 aliphatic heterocycles. The minimum atomic E-state index is -4.54. The second-order valence-electron chi connectivity index (χ2n) is 7.31. The first kappa shape index (κ1) is 19.8. The number of benzene rings is 3. The van der Waals surface area contributed by atoms with E-state index in [4.69, 9.17) is 0 Å². The Morgan fingerprint density at radius 2 is 1.48 bits per heavy atom. The summed E-state index contributed by atoms with van der Waals surface area (Å²) >= 11 is 0. The summed E-state index contributed by atoms with van der Waals surface area (Å²) in [6.45, 7) is 0. The third-order valence-electron chi connectivity index (χ3n) is 5.58. The number of rotatable bonds is 2. The van der Waals surface area contributed by atoms with E-state index in [1.807, 2.05) is 24.3 Å². The molecule has 1 aliphatic carbocycles. The van der Waals surface area contributed by atoms with Crippen molar-refractivity contribution in [2.75, 3.05) is 0 Å². The van der Waals surface area contributed by atoms with Gasteiger partial charge in [0.25, 0.3) is 19.7 Å². The highest BCUT2D eigenvalue weighted by Gasteiger charge is 2.47. The summed E-state index contributed by atoms with van der Waals surface area (Å²) in [7, 11) is -8.82. The Hall–Kier alpha value is -2.54. The Labute approximate surface area is 169 Å². The van der Waals surface area contributed by atoms with Gasteiger partial charge in [0.05, 0.1) is 10.1 Å².